The lowest BCUT2D eigenvalue weighted by Crippen LogP contribution is -2.48. The van der Waals surface area contributed by atoms with Gasteiger partial charge in [0.15, 0.2) is 11.5 Å². The van der Waals surface area contributed by atoms with Crippen LogP contribution in [0.15, 0.2) is 24.3 Å². The van der Waals surface area contributed by atoms with Crippen LogP contribution in [0, 0.1) is 5.92 Å². The van der Waals surface area contributed by atoms with Crippen molar-refractivity contribution in [2.24, 2.45) is 5.92 Å². The van der Waals surface area contributed by atoms with Crippen LogP contribution in [-0.4, -0.2) is 29.5 Å². The van der Waals surface area contributed by atoms with Crippen molar-refractivity contribution < 1.29 is 19.1 Å². The fraction of sp³-hybridized carbons (Fsp3) is 0.375. The zero-order valence-electron chi connectivity index (χ0n) is 11.2. The molecule has 0 bridgehead atoms. The van der Waals surface area contributed by atoms with E-state index >= 15 is 0 Å². The van der Waals surface area contributed by atoms with E-state index in [1.54, 1.807) is 6.07 Å². The van der Waals surface area contributed by atoms with Crippen LogP contribution >= 0.6 is 0 Å². The number of carbonyl (C=O) groups excluding carboxylic acids is 2. The number of carbonyl (C=O) groups is 2. The highest BCUT2D eigenvalue weighted by molar-refractivity contribution is 6.09. The van der Waals surface area contributed by atoms with Crippen molar-refractivity contribution in [3.63, 3.8) is 0 Å². The lowest BCUT2D eigenvalue weighted by molar-refractivity contribution is -0.126. The average molecular weight is 283 g/mol. The summed E-state index contributed by atoms with van der Waals surface area (Å²) in [5, 5.41) is 0. The molecule has 0 saturated carbocycles. The van der Waals surface area contributed by atoms with Crippen LogP contribution in [0.2, 0.25) is 0 Å². The van der Waals surface area contributed by atoms with Gasteiger partial charge in [0, 0.05) is 17.9 Å². The summed E-state index contributed by atoms with van der Waals surface area (Å²) in [6, 6.07) is 3.61. The lowest BCUT2D eigenvalue weighted by atomic mass is 9.75. The molecule has 4 aliphatic rings. The fourth-order valence-corrected chi connectivity index (χ4v) is 4.10. The molecule has 0 aromatic heterocycles. The molecule has 1 aromatic rings. The number of amides is 2. The molecule has 1 fully saturated rings. The van der Waals surface area contributed by atoms with E-state index in [4.69, 9.17) is 9.47 Å². The minimum absolute atomic E-state index is 0.0251. The molecule has 106 valence electrons. The van der Waals surface area contributed by atoms with Crippen LogP contribution in [-0.2, 0) is 4.79 Å². The Morgan fingerprint density at radius 2 is 1.95 bits per heavy atom. The Kier molecular flexibility index (Phi) is 1.98. The van der Waals surface area contributed by atoms with Crippen molar-refractivity contribution in [1.82, 2.24) is 4.90 Å². The van der Waals surface area contributed by atoms with Crippen molar-refractivity contribution in [3.05, 3.63) is 35.4 Å². The molecular weight excluding hydrogens is 270 g/mol. The van der Waals surface area contributed by atoms with Crippen LogP contribution in [0.25, 0.3) is 0 Å². The Morgan fingerprint density at radius 1 is 1.14 bits per heavy atom. The van der Waals surface area contributed by atoms with Gasteiger partial charge < -0.3 is 9.47 Å². The van der Waals surface area contributed by atoms with Gasteiger partial charge in [0.2, 0.25) is 12.7 Å². The third kappa shape index (κ3) is 1.31. The molecule has 0 spiro atoms. The maximum absolute atomic E-state index is 12.7. The number of rotatable bonds is 0. The molecule has 3 heterocycles. The van der Waals surface area contributed by atoms with E-state index in [-0.39, 0.29) is 36.5 Å². The summed E-state index contributed by atoms with van der Waals surface area (Å²) in [6.07, 6.45) is 5.60. The number of nitrogens with zero attached hydrogens (tertiary/aromatic N) is 1. The van der Waals surface area contributed by atoms with Crippen molar-refractivity contribution in [2.75, 3.05) is 6.79 Å². The van der Waals surface area contributed by atoms with Crippen LogP contribution in [0.1, 0.15) is 34.7 Å². The normalized spacial score (nSPS) is 31.4. The van der Waals surface area contributed by atoms with Gasteiger partial charge in [0.05, 0.1) is 6.04 Å². The molecule has 2 amide bonds. The molecular formula is C16H13NO4. The lowest BCUT2D eigenvalue weighted by Gasteiger charge is -2.39. The van der Waals surface area contributed by atoms with Crippen molar-refractivity contribution >= 4 is 11.8 Å². The van der Waals surface area contributed by atoms with E-state index in [0.29, 0.717) is 23.5 Å². The molecule has 2 unspecified atom stereocenters. The topological polar surface area (TPSA) is 55.8 Å². The maximum Gasteiger partial charge on any atom is 0.261 e. The first kappa shape index (κ1) is 11.4. The van der Waals surface area contributed by atoms with Gasteiger partial charge >= 0.3 is 0 Å². The molecule has 3 atom stereocenters. The molecule has 21 heavy (non-hydrogen) atoms. The Morgan fingerprint density at radius 3 is 2.81 bits per heavy atom. The second-order valence-corrected chi connectivity index (χ2v) is 6.01. The maximum atomic E-state index is 12.7. The predicted molar refractivity (Wildman–Crippen MR) is 72.1 cm³/mol. The number of fused-ring (bicyclic) bond motifs is 3. The van der Waals surface area contributed by atoms with Gasteiger partial charge in [-0.2, -0.15) is 0 Å². The van der Waals surface area contributed by atoms with Crippen LogP contribution in [0.3, 0.4) is 0 Å². The third-order valence-corrected chi connectivity index (χ3v) is 4.99. The first-order valence-electron chi connectivity index (χ1n) is 7.20. The summed E-state index contributed by atoms with van der Waals surface area (Å²) in [6.45, 7) is 0.182. The summed E-state index contributed by atoms with van der Waals surface area (Å²) < 4.78 is 10.8. The smallest absolute Gasteiger partial charge is 0.261 e. The van der Waals surface area contributed by atoms with E-state index in [1.165, 1.54) is 4.90 Å². The number of hydrogen-bond acceptors (Lipinski definition) is 4. The zero-order valence-corrected chi connectivity index (χ0v) is 11.2. The highest BCUT2D eigenvalue weighted by Gasteiger charge is 2.52. The van der Waals surface area contributed by atoms with Crippen molar-refractivity contribution in [1.29, 1.82) is 0 Å². The summed E-state index contributed by atoms with van der Waals surface area (Å²) in [4.78, 5) is 26.4. The minimum Gasteiger partial charge on any atom is -0.454 e. The Hall–Kier alpha value is -2.30. The highest BCUT2D eigenvalue weighted by atomic mass is 16.7. The number of allylic oxidation sites excluding steroid dienone is 1. The fourth-order valence-electron chi connectivity index (χ4n) is 4.10. The van der Waals surface area contributed by atoms with Gasteiger partial charge in [0.1, 0.15) is 0 Å². The van der Waals surface area contributed by atoms with Crippen LogP contribution in [0.5, 0.6) is 11.5 Å². The molecule has 1 saturated heterocycles. The largest absolute Gasteiger partial charge is 0.454 e. The Labute approximate surface area is 121 Å². The number of ether oxygens (including phenoxy) is 2. The van der Waals surface area contributed by atoms with Gasteiger partial charge in [-0.25, -0.2) is 0 Å². The summed E-state index contributed by atoms with van der Waals surface area (Å²) >= 11 is 0. The van der Waals surface area contributed by atoms with Gasteiger partial charge in [0.25, 0.3) is 5.91 Å². The van der Waals surface area contributed by atoms with E-state index < -0.39 is 0 Å². The first-order chi connectivity index (χ1) is 10.2. The Bertz CT molecular complexity index is 723. The van der Waals surface area contributed by atoms with Crippen molar-refractivity contribution in [2.45, 2.75) is 24.8 Å². The molecule has 1 aliphatic carbocycles. The molecule has 5 nitrogen and oxygen atoms in total. The van der Waals surface area contributed by atoms with Crippen LogP contribution in [0.4, 0.5) is 0 Å². The van der Waals surface area contributed by atoms with Crippen LogP contribution < -0.4 is 9.47 Å². The molecule has 5 rings (SSSR count). The summed E-state index contributed by atoms with van der Waals surface area (Å²) in [7, 11) is 0. The van der Waals surface area contributed by atoms with Gasteiger partial charge in [-0.1, -0.05) is 12.2 Å². The second-order valence-electron chi connectivity index (χ2n) is 6.01. The molecule has 0 N–H and O–H groups in total. The van der Waals surface area contributed by atoms with Gasteiger partial charge in [-0.3, -0.25) is 14.5 Å². The van der Waals surface area contributed by atoms with E-state index in [2.05, 4.69) is 12.2 Å². The van der Waals surface area contributed by atoms with Gasteiger partial charge in [-0.05, 0) is 30.0 Å². The zero-order chi connectivity index (χ0) is 14.1. The highest BCUT2D eigenvalue weighted by Crippen LogP contribution is 2.49. The first-order valence-corrected chi connectivity index (χ1v) is 7.20. The number of benzene rings is 1. The molecule has 1 aromatic carbocycles. The number of imide groups is 1. The predicted octanol–water partition coefficient (Wildman–Crippen LogP) is 1.83. The molecule has 3 aliphatic heterocycles. The molecule has 0 radical (unpaired) electrons. The third-order valence-electron chi connectivity index (χ3n) is 4.99. The summed E-state index contributed by atoms with van der Waals surface area (Å²) in [5.41, 5.74) is 1.53. The second kappa shape index (κ2) is 3.67. The summed E-state index contributed by atoms with van der Waals surface area (Å²) in [5.74, 6) is 1.37. The van der Waals surface area contributed by atoms with E-state index in [9.17, 15) is 9.59 Å². The minimum atomic E-state index is -0.188. The van der Waals surface area contributed by atoms with Gasteiger partial charge in [-0.15, -0.1) is 0 Å². The Balaban J connectivity index is 1.76. The average Bonchev–Trinajstić information content (AvgIpc) is 3.06. The quantitative estimate of drug-likeness (QED) is 0.538. The monoisotopic (exact) mass is 283 g/mol. The number of hydrogen-bond donors (Lipinski definition) is 0. The molecule has 5 heteroatoms. The van der Waals surface area contributed by atoms with Crippen molar-refractivity contribution in [3.8, 4) is 11.5 Å². The standard InChI is InChI=1S/C16H13NO4/c18-14-4-8-2-1-3-9-10-5-12-13(21-7-20-12)6-11(10)16(19)17(14)15(8)9/h1,3,5-6,8-9,15H,2,4,7H2/t8?,9-,15?/m0/s1. The SMILES string of the molecule is O=C1CC2CC=C[C@H]3c4cc5c(cc4C(=O)N1C23)OCO5. The van der Waals surface area contributed by atoms with E-state index in [1.807, 2.05) is 6.07 Å². The van der Waals surface area contributed by atoms with E-state index in [0.717, 1.165) is 12.0 Å².